The standard InChI is InChI=1S/C10H19N3O3S/c1-3-17(14,15)8-4-6-11-7-5-10-12-9(2)13-16-10/h11H,3-8H2,1-2H3. The monoisotopic (exact) mass is 261 g/mol. The number of hydrogen-bond acceptors (Lipinski definition) is 6. The molecular formula is C10H19N3O3S. The summed E-state index contributed by atoms with van der Waals surface area (Å²) in [6.07, 6.45) is 1.31. The Kier molecular flexibility index (Phi) is 5.57. The van der Waals surface area contributed by atoms with Crippen LogP contribution < -0.4 is 5.32 Å². The molecule has 0 atom stereocenters. The predicted molar refractivity (Wildman–Crippen MR) is 64.6 cm³/mol. The van der Waals surface area contributed by atoms with Crippen molar-refractivity contribution in [3.05, 3.63) is 11.7 Å². The largest absolute Gasteiger partial charge is 0.339 e. The molecule has 0 radical (unpaired) electrons. The summed E-state index contributed by atoms with van der Waals surface area (Å²) in [7, 11) is -2.84. The zero-order chi connectivity index (χ0) is 12.7. The topological polar surface area (TPSA) is 85.1 Å². The summed E-state index contributed by atoms with van der Waals surface area (Å²) < 4.78 is 27.3. The third-order valence-corrected chi connectivity index (χ3v) is 4.12. The van der Waals surface area contributed by atoms with Crippen LogP contribution >= 0.6 is 0 Å². The molecule has 6 nitrogen and oxygen atoms in total. The Morgan fingerprint density at radius 3 is 2.71 bits per heavy atom. The first kappa shape index (κ1) is 14.1. The molecule has 7 heteroatoms. The Hall–Kier alpha value is -0.950. The molecule has 0 bridgehead atoms. The maximum absolute atomic E-state index is 11.2. The van der Waals surface area contributed by atoms with Crippen LogP contribution in [0, 0.1) is 6.92 Å². The van der Waals surface area contributed by atoms with Crippen LogP contribution in [-0.4, -0.2) is 43.2 Å². The molecule has 0 aliphatic carbocycles. The second-order valence-electron chi connectivity index (χ2n) is 3.83. The minimum atomic E-state index is -2.84. The summed E-state index contributed by atoms with van der Waals surface area (Å²) in [5.41, 5.74) is 0. The number of aromatic nitrogens is 2. The third kappa shape index (κ3) is 5.78. The minimum Gasteiger partial charge on any atom is -0.339 e. The van der Waals surface area contributed by atoms with Crippen molar-refractivity contribution in [1.29, 1.82) is 0 Å². The van der Waals surface area contributed by atoms with Crippen molar-refractivity contribution in [1.82, 2.24) is 15.5 Å². The van der Waals surface area contributed by atoms with Gasteiger partial charge in [-0.25, -0.2) is 8.42 Å². The van der Waals surface area contributed by atoms with Crippen LogP contribution in [0.2, 0.25) is 0 Å². The molecule has 1 aromatic rings. The van der Waals surface area contributed by atoms with Crippen LogP contribution in [0.5, 0.6) is 0 Å². The lowest BCUT2D eigenvalue weighted by atomic mass is 10.4. The van der Waals surface area contributed by atoms with Crippen molar-refractivity contribution in [2.24, 2.45) is 0 Å². The quantitative estimate of drug-likeness (QED) is 0.679. The van der Waals surface area contributed by atoms with Gasteiger partial charge in [-0.15, -0.1) is 0 Å². The van der Waals surface area contributed by atoms with Crippen molar-refractivity contribution in [3.63, 3.8) is 0 Å². The summed E-state index contributed by atoms with van der Waals surface area (Å²) >= 11 is 0. The van der Waals surface area contributed by atoms with Gasteiger partial charge in [-0.3, -0.25) is 0 Å². The maximum atomic E-state index is 11.2. The molecule has 1 rings (SSSR count). The third-order valence-electron chi connectivity index (χ3n) is 2.33. The fourth-order valence-electron chi connectivity index (χ4n) is 1.32. The van der Waals surface area contributed by atoms with Gasteiger partial charge in [-0.05, 0) is 19.9 Å². The number of nitrogens with one attached hydrogen (secondary N) is 1. The lowest BCUT2D eigenvalue weighted by Crippen LogP contribution is -2.21. The van der Waals surface area contributed by atoms with Crippen molar-refractivity contribution >= 4 is 9.84 Å². The summed E-state index contributed by atoms with van der Waals surface area (Å²) in [4.78, 5) is 4.07. The van der Waals surface area contributed by atoms with E-state index in [0.717, 1.165) is 0 Å². The average Bonchev–Trinajstić information content (AvgIpc) is 2.69. The average molecular weight is 261 g/mol. The van der Waals surface area contributed by atoms with Gasteiger partial charge in [0.1, 0.15) is 9.84 Å². The summed E-state index contributed by atoms with van der Waals surface area (Å²) in [6.45, 7) is 4.84. The molecule has 0 amide bonds. The number of nitrogens with zero attached hydrogens (tertiary/aromatic N) is 2. The van der Waals surface area contributed by atoms with Gasteiger partial charge >= 0.3 is 0 Å². The molecule has 0 saturated carbocycles. The first-order chi connectivity index (χ1) is 8.03. The molecular weight excluding hydrogens is 242 g/mol. The predicted octanol–water partition coefficient (Wildman–Crippen LogP) is 0.335. The maximum Gasteiger partial charge on any atom is 0.227 e. The lowest BCUT2D eigenvalue weighted by Gasteiger charge is -2.03. The van der Waals surface area contributed by atoms with Gasteiger partial charge in [0.15, 0.2) is 5.82 Å². The SMILES string of the molecule is CCS(=O)(=O)CCCNCCc1nc(C)no1. The van der Waals surface area contributed by atoms with E-state index in [2.05, 4.69) is 15.5 Å². The van der Waals surface area contributed by atoms with Gasteiger partial charge in [-0.1, -0.05) is 12.1 Å². The number of rotatable bonds is 8. The van der Waals surface area contributed by atoms with Crippen LogP contribution in [-0.2, 0) is 16.3 Å². The van der Waals surface area contributed by atoms with Gasteiger partial charge < -0.3 is 9.84 Å². The normalized spacial score (nSPS) is 11.9. The van der Waals surface area contributed by atoms with Crippen molar-refractivity contribution in [2.45, 2.75) is 26.7 Å². The summed E-state index contributed by atoms with van der Waals surface area (Å²) in [5, 5.41) is 6.83. The highest BCUT2D eigenvalue weighted by Crippen LogP contribution is 1.96. The number of aryl methyl sites for hydroxylation is 1. The highest BCUT2D eigenvalue weighted by molar-refractivity contribution is 7.91. The van der Waals surface area contributed by atoms with E-state index in [0.29, 0.717) is 37.6 Å². The molecule has 0 spiro atoms. The van der Waals surface area contributed by atoms with Gasteiger partial charge in [0.2, 0.25) is 5.89 Å². The van der Waals surface area contributed by atoms with Crippen LogP contribution in [0.3, 0.4) is 0 Å². The molecule has 1 heterocycles. The van der Waals surface area contributed by atoms with Gasteiger partial charge in [0.25, 0.3) is 0 Å². The Labute approximate surface area is 102 Å². The van der Waals surface area contributed by atoms with Crippen molar-refractivity contribution in [3.8, 4) is 0 Å². The van der Waals surface area contributed by atoms with E-state index in [1.54, 1.807) is 13.8 Å². The van der Waals surface area contributed by atoms with E-state index in [-0.39, 0.29) is 11.5 Å². The molecule has 98 valence electrons. The molecule has 0 aromatic carbocycles. The molecule has 17 heavy (non-hydrogen) atoms. The van der Waals surface area contributed by atoms with Crippen molar-refractivity contribution < 1.29 is 12.9 Å². The Bertz CT molecular complexity index is 428. The lowest BCUT2D eigenvalue weighted by molar-refractivity contribution is 0.372. The zero-order valence-corrected chi connectivity index (χ0v) is 11.1. The second kappa shape index (κ2) is 6.70. The summed E-state index contributed by atoms with van der Waals surface area (Å²) in [5.74, 6) is 1.70. The van der Waals surface area contributed by atoms with Crippen LogP contribution in [0.25, 0.3) is 0 Å². The smallest absolute Gasteiger partial charge is 0.227 e. The number of sulfone groups is 1. The molecule has 0 aliphatic heterocycles. The fraction of sp³-hybridized carbons (Fsp3) is 0.800. The molecule has 0 aliphatic rings. The van der Waals surface area contributed by atoms with Crippen LogP contribution in [0.4, 0.5) is 0 Å². The molecule has 0 fully saturated rings. The van der Waals surface area contributed by atoms with E-state index in [4.69, 9.17) is 4.52 Å². The summed E-state index contributed by atoms with van der Waals surface area (Å²) in [6, 6.07) is 0. The highest BCUT2D eigenvalue weighted by Gasteiger charge is 2.06. The Morgan fingerprint density at radius 1 is 1.35 bits per heavy atom. The minimum absolute atomic E-state index is 0.217. The Balaban J connectivity index is 2.05. The van der Waals surface area contributed by atoms with Crippen LogP contribution in [0.15, 0.2) is 4.52 Å². The van der Waals surface area contributed by atoms with E-state index in [1.165, 1.54) is 0 Å². The highest BCUT2D eigenvalue weighted by atomic mass is 32.2. The van der Waals surface area contributed by atoms with Gasteiger partial charge in [-0.2, -0.15) is 4.98 Å². The molecule has 0 unspecified atom stereocenters. The fourth-order valence-corrected chi connectivity index (χ4v) is 2.20. The van der Waals surface area contributed by atoms with Crippen LogP contribution in [0.1, 0.15) is 25.1 Å². The van der Waals surface area contributed by atoms with E-state index in [1.807, 2.05) is 0 Å². The van der Waals surface area contributed by atoms with Crippen molar-refractivity contribution in [2.75, 3.05) is 24.6 Å². The van der Waals surface area contributed by atoms with E-state index >= 15 is 0 Å². The Morgan fingerprint density at radius 2 is 2.12 bits per heavy atom. The first-order valence-corrected chi connectivity index (χ1v) is 7.56. The van der Waals surface area contributed by atoms with Gasteiger partial charge in [0.05, 0.1) is 5.75 Å². The molecule has 0 saturated heterocycles. The molecule has 1 aromatic heterocycles. The zero-order valence-electron chi connectivity index (χ0n) is 10.3. The van der Waals surface area contributed by atoms with E-state index in [9.17, 15) is 8.42 Å². The second-order valence-corrected chi connectivity index (χ2v) is 6.30. The van der Waals surface area contributed by atoms with E-state index < -0.39 is 9.84 Å². The first-order valence-electron chi connectivity index (χ1n) is 5.74. The molecule has 1 N–H and O–H groups in total. The number of hydrogen-bond donors (Lipinski definition) is 1. The van der Waals surface area contributed by atoms with Gasteiger partial charge in [0, 0.05) is 18.7 Å².